The van der Waals surface area contributed by atoms with Crippen LogP contribution in [0, 0.1) is 3.57 Å². The number of amides is 1. The zero-order valence-corrected chi connectivity index (χ0v) is 12.3. The van der Waals surface area contributed by atoms with Crippen LogP contribution < -0.4 is 5.32 Å². The number of fused-ring (bicyclic) bond motifs is 1. The molecule has 0 saturated heterocycles. The van der Waals surface area contributed by atoms with Gasteiger partial charge in [-0.2, -0.15) is 0 Å². The van der Waals surface area contributed by atoms with Crippen LogP contribution in [-0.4, -0.2) is 41.3 Å². The fourth-order valence-electron chi connectivity index (χ4n) is 1.97. The Bertz CT molecular complexity index is 492. The molecule has 18 heavy (non-hydrogen) atoms. The van der Waals surface area contributed by atoms with E-state index in [0.29, 0.717) is 11.3 Å². The van der Waals surface area contributed by atoms with Gasteiger partial charge in [-0.05, 0) is 54.9 Å². The summed E-state index contributed by atoms with van der Waals surface area (Å²) in [7, 11) is 3.38. The molecule has 2 atom stereocenters. The summed E-state index contributed by atoms with van der Waals surface area (Å²) in [6.07, 6.45) is -0.941. The van der Waals surface area contributed by atoms with E-state index in [2.05, 4.69) is 27.9 Å². The first-order valence-corrected chi connectivity index (χ1v) is 6.61. The van der Waals surface area contributed by atoms with Gasteiger partial charge in [0.05, 0.1) is 0 Å². The van der Waals surface area contributed by atoms with E-state index in [9.17, 15) is 15.0 Å². The zero-order valence-electron chi connectivity index (χ0n) is 10.1. The number of nitrogens with zero attached hydrogens (tertiary/aromatic N) is 1. The van der Waals surface area contributed by atoms with Crippen LogP contribution in [0.5, 0.6) is 0 Å². The highest BCUT2D eigenvalue weighted by Crippen LogP contribution is 2.39. The van der Waals surface area contributed by atoms with Crippen molar-refractivity contribution in [2.75, 3.05) is 19.4 Å². The third-order valence-corrected chi connectivity index (χ3v) is 3.80. The van der Waals surface area contributed by atoms with Gasteiger partial charge in [0.1, 0.15) is 6.23 Å². The highest BCUT2D eigenvalue weighted by Gasteiger charge is 2.46. The highest BCUT2D eigenvalue weighted by molar-refractivity contribution is 14.1. The third kappa shape index (κ3) is 2.25. The van der Waals surface area contributed by atoms with E-state index in [0.717, 1.165) is 3.57 Å². The lowest BCUT2D eigenvalue weighted by molar-refractivity contribution is -0.140. The minimum atomic E-state index is -1.67. The Kier molecular flexibility index (Phi) is 3.63. The van der Waals surface area contributed by atoms with Gasteiger partial charge in [-0.1, -0.05) is 0 Å². The summed E-state index contributed by atoms with van der Waals surface area (Å²) in [5.74, 6) is -0.486. The second-order valence-corrected chi connectivity index (χ2v) is 5.90. The number of nitrogens with one attached hydrogen (secondary N) is 1. The molecule has 0 fully saturated rings. The molecule has 0 aromatic heterocycles. The van der Waals surface area contributed by atoms with E-state index >= 15 is 0 Å². The van der Waals surface area contributed by atoms with Gasteiger partial charge < -0.3 is 15.5 Å². The Balaban J connectivity index is 2.39. The first-order valence-electron chi connectivity index (χ1n) is 5.53. The van der Waals surface area contributed by atoms with E-state index in [1.54, 1.807) is 31.1 Å². The minimum absolute atomic E-state index is 0.0566. The molecular weight excluding hydrogens is 347 g/mol. The maximum absolute atomic E-state index is 11.9. The van der Waals surface area contributed by atoms with Crippen molar-refractivity contribution in [1.29, 1.82) is 0 Å². The van der Waals surface area contributed by atoms with Crippen LogP contribution in [0.3, 0.4) is 0 Å². The number of halogens is 1. The van der Waals surface area contributed by atoms with Gasteiger partial charge in [-0.3, -0.25) is 9.69 Å². The molecule has 0 aliphatic carbocycles. The average molecular weight is 362 g/mol. The summed E-state index contributed by atoms with van der Waals surface area (Å²) in [6, 6.07) is 5.37. The summed E-state index contributed by atoms with van der Waals surface area (Å²) in [5.41, 5.74) is -0.533. The Morgan fingerprint density at radius 1 is 1.50 bits per heavy atom. The van der Waals surface area contributed by atoms with Crippen LogP contribution in [-0.2, 0) is 10.4 Å². The summed E-state index contributed by atoms with van der Waals surface area (Å²) in [4.78, 5) is 13.5. The van der Waals surface area contributed by atoms with E-state index in [4.69, 9.17) is 0 Å². The molecule has 98 valence electrons. The number of aliphatic hydroxyl groups excluding tert-OH is 1. The molecule has 1 aliphatic rings. The first kappa shape index (κ1) is 13.7. The van der Waals surface area contributed by atoms with Crippen molar-refractivity contribution in [2.45, 2.75) is 18.2 Å². The molecule has 1 heterocycles. The van der Waals surface area contributed by atoms with Crippen LogP contribution in [0.25, 0.3) is 0 Å². The summed E-state index contributed by atoms with van der Waals surface area (Å²) < 4.78 is 0.931. The number of rotatable bonds is 3. The van der Waals surface area contributed by atoms with Gasteiger partial charge in [0.2, 0.25) is 0 Å². The molecule has 1 aliphatic heterocycles. The minimum Gasteiger partial charge on any atom is -0.378 e. The Labute approximate surface area is 119 Å². The molecule has 2 rings (SSSR count). The van der Waals surface area contributed by atoms with Crippen LogP contribution in [0.1, 0.15) is 12.0 Å². The van der Waals surface area contributed by atoms with Crippen molar-refractivity contribution in [3.05, 3.63) is 27.3 Å². The van der Waals surface area contributed by atoms with Crippen LogP contribution in [0.4, 0.5) is 5.69 Å². The highest BCUT2D eigenvalue weighted by atomic mass is 127. The molecule has 0 spiro atoms. The first-order chi connectivity index (χ1) is 8.34. The lowest BCUT2D eigenvalue weighted by Crippen LogP contribution is -2.42. The van der Waals surface area contributed by atoms with E-state index in [-0.39, 0.29) is 6.42 Å². The van der Waals surface area contributed by atoms with Crippen LogP contribution in [0.15, 0.2) is 18.2 Å². The SMILES string of the molecule is CN(C)C(O)CC1(O)C(=O)Nc2ccc(I)cc21. The van der Waals surface area contributed by atoms with Gasteiger partial charge in [0, 0.05) is 21.2 Å². The molecule has 0 bridgehead atoms. The number of aliphatic hydroxyl groups is 2. The van der Waals surface area contributed by atoms with Gasteiger partial charge in [0.15, 0.2) is 5.60 Å². The Hall–Kier alpha value is -0.700. The summed E-state index contributed by atoms with van der Waals surface area (Å²) in [6.45, 7) is 0. The molecule has 1 aromatic rings. The maximum atomic E-state index is 11.9. The number of anilines is 1. The maximum Gasteiger partial charge on any atom is 0.261 e. The molecule has 6 heteroatoms. The molecule has 0 radical (unpaired) electrons. The van der Waals surface area contributed by atoms with Gasteiger partial charge >= 0.3 is 0 Å². The van der Waals surface area contributed by atoms with Crippen LogP contribution >= 0.6 is 22.6 Å². The monoisotopic (exact) mass is 362 g/mol. The number of hydrogen-bond acceptors (Lipinski definition) is 4. The van der Waals surface area contributed by atoms with Gasteiger partial charge in [-0.15, -0.1) is 0 Å². The van der Waals surface area contributed by atoms with Crippen molar-refractivity contribution in [3.8, 4) is 0 Å². The van der Waals surface area contributed by atoms with Crippen molar-refractivity contribution >= 4 is 34.2 Å². The smallest absolute Gasteiger partial charge is 0.261 e. The average Bonchev–Trinajstić information content (AvgIpc) is 2.52. The summed E-state index contributed by atoms with van der Waals surface area (Å²) >= 11 is 2.12. The molecular formula is C12H15IN2O3. The normalized spacial score (nSPS) is 24.0. The van der Waals surface area contributed by atoms with Crippen molar-refractivity contribution in [1.82, 2.24) is 4.90 Å². The lowest BCUT2D eigenvalue weighted by atomic mass is 9.91. The van der Waals surface area contributed by atoms with E-state index in [1.807, 2.05) is 6.07 Å². The fraction of sp³-hybridized carbons (Fsp3) is 0.417. The number of hydrogen-bond donors (Lipinski definition) is 3. The number of carbonyl (C=O) groups excluding carboxylic acids is 1. The molecule has 1 amide bonds. The van der Waals surface area contributed by atoms with Gasteiger partial charge in [0.25, 0.3) is 5.91 Å². The van der Waals surface area contributed by atoms with Crippen molar-refractivity contribution in [2.24, 2.45) is 0 Å². The molecule has 5 nitrogen and oxygen atoms in total. The number of benzene rings is 1. The van der Waals surface area contributed by atoms with Gasteiger partial charge in [-0.25, -0.2) is 0 Å². The number of carbonyl (C=O) groups is 1. The predicted octanol–water partition coefficient (Wildman–Crippen LogP) is 0.701. The largest absolute Gasteiger partial charge is 0.378 e. The van der Waals surface area contributed by atoms with E-state index in [1.165, 1.54) is 0 Å². The van der Waals surface area contributed by atoms with E-state index < -0.39 is 17.7 Å². The second-order valence-electron chi connectivity index (χ2n) is 4.65. The molecule has 3 N–H and O–H groups in total. The topological polar surface area (TPSA) is 72.8 Å². The predicted molar refractivity (Wildman–Crippen MR) is 76.0 cm³/mol. The Morgan fingerprint density at radius 2 is 2.17 bits per heavy atom. The molecule has 2 unspecified atom stereocenters. The Morgan fingerprint density at radius 3 is 2.78 bits per heavy atom. The van der Waals surface area contributed by atoms with Crippen molar-refractivity contribution in [3.63, 3.8) is 0 Å². The fourth-order valence-corrected chi connectivity index (χ4v) is 2.46. The standard InChI is InChI=1S/C12H15IN2O3/c1-15(2)10(16)6-12(18)8-5-7(13)3-4-9(8)14-11(12)17/h3-5,10,16,18H,6H2,1-2H3,(H,14,17). The molecule has 0 saturated carbocycles. The molecule has 1 aromatic carbocycles. The quantitative estimate of drug-likeness (QED) is 0.547. The zero-order chi connectivity index (χ0) is 13.5. The lowest BCUT2D eigenvalue weighted by Gasteiger charge is -2.27. The third-order valence-electron chi connectivity index (χ3n) is 3.13. The second kappa shape index (κ2) is 4.76. The summed E-state index contributed by atoms with van der Waals surface area (Å²) in [5, 5.41) is 23.0. The van der Waals surface area contributed by atoms with Crippen molar-refractivity contribution < 1.29 is 15.0 Å². The van der Waals surface area contributed by atoms with Crippen LogP contribution in [0.2, 0.25) is 0 Å².